The molecular weight excluding hydrogens is 884 g/mol. The van der Waals surface area contributed by atoms with Crippen LogP contribution in [-0.2, 0) is 12.8 Å². The van der Waals surface area contributed by atoms with Gasteiger partial charge >= 0.3 is 285 Å². The van der Waals surface area contributed by atoms with Gasteiger partial charge in [0.15, 0.2) is 0 Å². The molecule has 0 saturated carbocycles. The van der Waals surface area contributed by atoms with Gasteiger partial charge in [0.25, 0.3) is 0 Å². The zero-order valence-electron chi connectivity index (χ0n) is 38.5. The number of hydrogen-bond acceptors (Lipinski definition) is 4. The van der Waals surface area contributed by atoms with Crippen molar-refractivity contribution >= 4 is 66.6 Å². The molecule has 0 nitrogen and oxygen atoms in total. The molecule has 0 unspecified atom stereocenters. The average molecular weight is 970 g/mol. The summed E-state index contributed by atoms with van der Waals surface area (Å²) >= 11 is 5.91. The van der Waals surface area contributed by atoms with E-state index in [4.69, 9.17) is 0 Å². The van der Waals surface area contributed by atoms with E-state index in [1.807, 2.05) is 25.6 Å². The van der Waals surface area contributed by atoms with Crippen molar-refractivity contribution in [3.05, 3.63) is 52.4 Å². The first kappa shape index (κ1) is 50.2. The predicted octanol–water partition coefficient (Wildman–Crippen LogP) is 20.2. The van der Waals surface area contributed by atoms with Crippen LogP contribution in [0.25, 0.3) is 29.3 Å². The second-order valence-corrected chi connectivity index (χ2v) is 36.6. The molecule has 326 valence electrons. The van der Waals surface area contributed by atoms with Crippen LogP contribution in [0.4, 0.5) is 0 Å². The number of rotatable bonds is 35. The van der Waals surface area contributed by atoms with E-state index >= 15 is 0 Å². The minimum atomic E-state index is -2.52. The van der Waals surface area contributed by atoms with Gasteiger partial charge in [0.05, 0.1) is 0 Å². The Kier molecular flexibility index (Phi) is 25.8. The van der Waals surface area contributed by atoms with E-state index in [9.17, 15) is 0 Å². The van der Waals surface area contributed by atoms with Crippen LogP contribution < -0.4 is 2.89 Å². The molecular formula is C53H86S4Sn. The molecule has 4 aromatic rings. The summed E-state index contributed by atoms with van der Waals surface area (Å²) in [6.45, 7) is 14.2. The Labute approximate surface area is 379 Å². The maximum absolute atomic E-state index is 2.84. The van der Waals surface area contributed by atoms with Crippen LogP contribution in [0.15, 0.2) is 36.4 Å². The van der Waals surface area contributed by atoms with Crippen LogP contribution in [-0.4, -0.2) is 18.4 Å². The van der Waals surface area contributed by atoms with Gasteiger partial charge in [-0.1, -0.05) is 84.5 Å². The Hall–Kier alpha value is -0.401. The molecule has 4 rings (SSSR count). The van der Waals surface area contributed by atoms with Crippen LogP contribution >= 0.6 is 45.3 Å². The van der Waals surface area contributed by atoms with E-state index in [-0.39, 0.29) is 0 Å². The second-order valence-electron chi connectivity index (χ2n) is 18.0. The Morgan fingerprint density at radius 1 is 0.362 bits per heavy atom. The van der Waals surface area contributed by atoms with Crippen LogP contribution in [0.1, 0.15) is 218 Å². The number of aryl methyl sites for hydroxylation is 3. The van der Waals surface area contributed by atoms with Gasteiger partial charge in [0.2, 0.25) is 0 Å². The van der Waals surface area contributed by atoms with Gasteiger partial charge < -0.3 is 0 Å². The normalized spacial score (nSPS) is 12.0. The summed E-state index contributed by atoms with van der Waals surface area (Å²) < 4.78 is 6.64. The standard InChI is InChI=1S/C41H59S4.3C4H9.Sn/c1-4-6-8-10-12-14-16-18-20-22-24-34-30-31-42-40(34)38-28-26-36(44-38)37-27-29-39(45-37)41-35(32-33(3)43-41)25-23-21-19-17-15-13-11-9-7-5-2;3*1-3-4-2;/h26-30,32H,4-25H2,1-3H3;3*1,3-4H2,2H3;. The van der Waals surface area contributed by atoms with E-state index in [1.54, 1.807) is 39.1 Å². The van der Waals surface area contributed by atoms with Gasteiger partial charge in [-0.05, 0) is 13.3 Å². The van der Waals surface area contributed by atoms with Crippen LogP contribution in [0.2, 0.25) is 13.3 Å². The number of hydrogen-bond donors (Lipinski definition) is 0. The first-order chi connectivity index (χ1) is 28.5. The number of unbranched alkanes of at least 4 members (excludes halogenated alkanes) is 21. The molecule has 0 spiro atoms. The fourth-order valence-corrected chi connectivity index (χ4v) is 33.0. The summed E-state index contributed by atoms with van der Waals surface area (Å²) in [5.74, 6) is 0. The molecule has 0 aliphatic heterocycles. The van der Waals surface area contributed by atoms with Crippen molar-refractivity contribution in [2.24, 2.45) is 0 Å². The minimum absolute atomic E-state index is 1.23. The summed E-state index contributed by atoms with van der Waals surface area (Å²) in [6.07, 6.45) is 39.1. The van der Waals surface area contributed by atoms with E-state index in [2.05, 4.69) is 101 Å². The molecule has 0 aromatic carbocycles. The molecule has 0 saturated heterocycles. The fraction of sp³-hybridized carbons (Fsp3) is 0.698. The van der Waals surface area contributed by atoms with Gasteiger partial charge in [-0.25, -0.2) is 0 Å². The molecule has 0 bridgehead atoms. The Bertz CT molecular complexity index is 1590. The third kappa shape index (κ3) is 17.0. The van der Waals surface area contributed by atoms with Crippen molar-refractivity contribution in [2.75, 3.05) is 0 Å². The van der Waals surface area contributed by atoms with Gasteiger partial charge in [0, 0.05) is 0 Å². The molecule has 0 aliphatic carbocycles. The van der Waals surface area contributed by atoms with Gasteiger partial charge in [-0.15, -0.1) is 0 Å². The summed E-state index contributed by atoms with van der Waals surface area (Å²) in [6, 6.07) is 15.2. The quantitative estimate of drug-likeness (QED) is 0.0318. The molecule has 0 atom stereocenters. The van der Waals surface area contributed by atoms with E-state index in [0.29, 0.717) is 0 Å². The summed E-state index contributed by atoms with van der Waals surface area (Å²) in [5.41, 5.74) is 3.30. The van der Waals surface area contributed by atoms with Crippen LogP contribution in [0.5, 0.6) is 0 Å². The Balaban J connectivity index is 1.47. The molecule has 0 aliphatic rings. The zero-order chi connectivity index (χ0) is 41.3. The summed E-state index contributed by atoms with van der Waals surface area (Å²) in [4.78, 5) is 10.6. The van der Waals surface area contributed by atoms with Crippen molar-refractivity contribution in [1.29, 1.82) is 0 Å². The van der Waals surface area contributed by atoms with Gasteiger partial charge in [0.1, 0.15) is 0 Å². The first-order valence-electron chi connectivity index (χ1n) is 24.9. The summed E-state index contributed by atoms with van der Waals surface area (Å²) in [5, 5.41) is 0. The van der Waals surface area contributed by atoms with Gasteiger partial charge in [-0.3, -0.25) is 0 Å². The molecule has 4 aromatic heterocycles. The van der Waals surface area contributed by atoms with Crippen LogP contribution in [0.3, 0.4) is 0 Å². The third-order valence-electron chi connectivity index (χ3n) is 12.8. The van der Waals surface area contributed by atoms with Crippen molar-refractivity contribution < 1.29 is 0 Å². The number of thiophene rings is 4. The van der Waals surface area contributed by atoms with E-state index < -0.39 is 18.4 Å². The van der Waals surface area contributed by atoms with Gasteiger partial charge in [-0.2, -0.15) is 0 Å². The molecule has 0 fully saturated rings. The molecule has 0 N–H and O–H groups in total. The monoisotopic (exact) mass is 970 g/mol. The first-order valence-corrected chi connectivity index (χ1v) is 35.7. The topological polar surface area (TPSA) is 0 Å². The third-order valence-corrected chi connectivity index (χ3v) is 36.0. The molecule has 4 heterocycles. The second kappa shape index (κ2) is 29.8. The maximum atomic E-state index is 2.84. The van der Waals surface area contributed by atoms with E-state index in [1.165, 1.54) is 199 Å². The molecule has 58 heavy (non-hydrogen) atoms. The Morgan fingerprint density at radius 2 is 0.707 bits per heavy atom. The SMILES string of the molecule is CCCCCCCCCCCCc1cc(C)sc1-c1ccc(-c2ccc(-c3s[c]([Sn]([CH2]CCC)([CH2]CCC)[CH2]CCC)cc3CCCCCCCCCCCC)s2)s1. The Morgan fingerprint density at radius 3 is 1.12 bits per heavy atom. The zero-order valence-corrected chi connectivity index (χ0v) is 44.6. The predicted molar refractivity (Wildman–Crippen MR) is 275 cm³/mol. The molecule has 0 amide bonds. The van der Waals surface area contributed by atoms with Crippen molar-refractivity contribution in [2.45, 2.75) is 235 Å². The van der Waals surface area contributed by atoms with E-state index in [0.717, 1.165) is 0 Å². The van der Waals surface area contributed by atoms with Crippen molar-refractivity contribution in [3.63, 3.8) is 0 Å². The molecule has 0 radical (unpaired) electrons. The molecule has 5 heteroatoms. The van der Waals surface area contributed by atoms with Crippen LogP contribution in [0, 0.1) is 6.92 Å². The van der Waals surface area contributed by atoms with Crippen molar-refractivity contribution in [3.8, 4) is 29.3 Å². The summed E-state index contributed by atoms with van der Waals surface area (Å²) in [7, 11) is 0. The average Bonchev–Trinajstić information content (AvgIpc) is 4.06. The van der Waals surface area contributed by atoms with Crippen molar-refractivity contribution in [1.82, 2.24) is 0 Å². The fourth-order valence-electron chi connectivity index (χ4n) is 9.13.